The molecule has 0 fully saturated rings. The van der Waals surface area contributed by atoms with Crippen molar-refractivity contribution >= 4 is 12.0 Å². The van der Waals surface area contributed by atoms with Gasteiger partial charge in [-0.3, -0.25) is 4.84 Å². The molecule has 0 aromatic heterocycles. The molecule has 7 nitrogen and oxygen atoms in total. The Morgan fingerprint density at radius 1 is 1.11 bits per heavy atom. The summed E-state index contributed by atoms with van der Waals surface area (Å²) >= 11 is 0. The Hall–Kier alpha value is -2.90. The largest absolute Gasteiger partial charge is 0.480 e. The minimum atomic E-state index is -1.08. The number of hydroxylamine groups is 2. The molecule has 0 saturated heterocycles. The second-order valence-electron chi connectivity index (χ2n) is 6.71. The highest BCUT2D eigenvalue weighted by atomic mass is 16.7. The average molecular weight is 383 g/mol. The van der Waals surface area contributed by atoms with Crippen LogP contribution >= 0.6 is 0 Å². The van der Waals surface area contributed by atoms with Crippen molar-refractivity contribution < 1.29 is 19.5 Å². The molecule has 0 aliphatic heterocycles. The van der Waals surface area contributed by atoms with E-state index < -0.39 is 24.1 Å². The van der Waals surface area contributed by atoms with Crippen LogP contribution in [0.25, 0.3) is 11.1 Å². The molecule has 4 N–H and O–H groups in total. The third kappa shape index (κ3) is 3.85. The van der Waals surface area contributed by atoms with E-state index >= 15 is 0 Å². The number of hydrogen-bond acceptors (Lipinski definition) is 4. The number of fused-ring (bicyclic) bond motifs is 3. The number of benzene rings is 2. The van der Waals surface area contributed by atoms with E-state index in [-0.39, 0.29) is 0 Å². The minimum Gasteiger partial charge on any atom is -0.480 e. The Balaban J connectivity index is 1.86. The van der Waals surface area contributed by atoms with E-state index in [1.165, 1.54) is 12.2 Å². The molecular formula is C21H25N3O4. The second kappa shape index (κ2) is 8.86. The number of hydrogen-bond donors (Lipinski definition) is 3. The van der Waals surface area contributed by atoms with Gasteiger partial charge in [0.1, 0.15) is 12.1 Å². The predicted octanol–water partition coefficient (Wildman–Crippen LogP) is 2.91. The van der Waals surface area contributed by atoms with Crippen LogP contribution in [-0.4, -0.2) is 41.9 Å². The summed E-state index contributed by atoms with van der Waals surface area (Å²) < 4.78 is 0. The molecule has 2 aromatic carbocycles. The topological polar surface area (TPSA) is 105 Å². The first-order chi connectivity index (χ1) is 13.6. The minimum absolute atomic E-state index is 0.313. The van der Waals surface area contributed by atoms with E-state index in [9.17, 15) is 14.7 Å². The summed E-state index contributed by atoms with van der Waals surface area (Å²) in [5.74, 6) is -1.08. The number of nitrogens with two attached hydrogens (primary N) is 1. The fourth-order valence-corrected chi connectivity index (χ4v) is 3.65. The number of rotatable bonds is 8. The van der Waals surface area contributed by atoms with Crippen LogP contribution in [0.3, 0.4) is 0 Å². The number of urea groups is 1. The van der Waals surface area contributed by atoms with Crippen molar-refractivity contribution in [1.82, 2.24) is 10.4 Å². The maximum atomic E-state index is 12.9. The number of amides is 2. The summed E-state index contributed by atoms with van der Waals surface area (Å²) in [5.41, 5.74) is 9.43. The lowest BCUT2D eigenvalue weighted by atomic mass is 10.1. The molecule has 0 heterocycles. The Morgan fingerprint density at radius 3 is 2.18 bits per heavy atom. The SMILES string of the molecule is CON(C(=O)N[C@@H](CCCCN)C(=O)O)C1c2ccccc2-c2ccccc21. The zero-order valence-electron chi connectivity index (χ0n) is 15.8. The van der Waals surface area contributed by atoms with E-state index in [1.807, 2.05) is 48.5 Å². The summed E-state index contributed by atoms with van der Waals surface area (Å²) in [7, 11) is 1.41. The Labute approximate surface area is 164 Å². The lowest BCUT2D eigenvalue weighted by Gasteiger charge is -2.29. The third-order valence-electron chi connectivity index (χ3n) is 4.98. The van der Waals surface area contributed by atoms with Gasteiger partial charge in [0.25, 0.3) is 0 Å². The van der Waals surface area contributed by atoms with Crippen molar-refractivity contribution in [3.63, 3.8) is 0 Å². The molecule has 7 heteroatoms. The highest BCUT2D eigenvalue weighted by molar-refractivity contribution is 5.85. The van der Waals surface area contributed by atoms with Gasteiger partial charge in [-0.2, -0.15) is 5.06 Å². The summed E-state index contributed by atoms with van der Waals surface area (Å²) in [6.45, 7) is 0.486. The van der Waals surface area contributed by atoms with Gasteiger partial charge in [0, 0.05) is 0 Å². The summed E-state index contributed by atoms with van der Waals surface area (Å²) in [6.07, 6.45) is 1.64. The Kier molecular flexibility index (Phi) is 6.28. The number of carbonyl (C=O) groups excluding carboxylic acids is 1. The van der Waals surface area contributed by atoms with Crippen LogP contribution < -0.4 is 11.1 Å². The first kappa shape index (κ1) is 19.9. The van der Waals surface area contributed by atoms with Crippen LogP contribution in [0.5, 0.6) is 0 Å². The number of aliphatic carboxylic acids is 1. The van der Waals surface area contributed by atoms with Crippen molar-refractivity contribution in [1.29, 1.82) is 0 Å². The molecule has 1 aliphatic rings. The Morgan fingerprint density at radius 2 is 1.68 bits per heavy atom. The third-order valence-corrected chi connectivity index (χ3v) is 4.98. The molecule has 0 spiro atoms. The van der Waals surface area contributed by atoms with Gasteiger partial charge in [0.05, 0.1) is 7.11 Å². The van der Waals surface area contributed by atoms with Crippen LogP contribution in [0.1, 0.15) is 36.4 Å². The second-order valence-corrected chi connectivity index (χ2v) is 6.71. The zero-order chi connectivity index (χ0) is 20.1. The molecule has 2 aromatic rings. The number of unbranched alkanes of at least 4 members (excludes halogenated alkanes) is 1. The smallest absolute Gasteiger partial charge is 0.342 e. The molecule has 3 rings (SSSR count). The van der Waals surface area contributed by atoms with Crippen molar-refractivity contribution in [2.45, 2.75) is 31.3 Å². The molecule has 0 radical (unpaired) electrons. The standard InChI is InChI=1S/C21H25N3O4/c1-28-24(21(27)23-18(20(25)26)12-6-7-13-22)19-16-10-4-2-8-14(16)15-9-3-5-11-17(15)19/h2-5,8-11,18-19H,6-7,12-13,22H2,1H3,(H,23,27)(H,25,26)/t18-/m0/s1. The lowest BCUT2D eigenvalue weighted by Crippen LogP contribution is -2.48. The van der Waals surface area contributed by atoms with Crippen molar-refractivity contribution in [3.8, 4) is 11.1 Å². The van der Waals surface area contributed by atoms with Crippen molar-refractivity contribution in [2.24, 2.45) is 5.73 Å². The van der Waals surface area contributed by atoms with Gasteiger partial charge in [-0.15, -0.1) is 0 Å². The number of carboxylic acid groups (broad SMARTS) is 1. The zero-order valence-corrected chi connectivity index (χ0v) is 15.8. The molecule has 1 atom stereocenters. The fraction of sp³-hybridized carbons (Fsp3) is 0.333. The number of nitrogens with one attached hydrogen (secondary N) is 1. The van der Waals surface area contributed by atoms with Gasteiger partial charge in [-0.25, -0.2) is 9.59 Å². The molecule has 1 aliphatic carbocycles. The van der Waals surface area contributed by atoms with E-state index in [1.54, 1.807) is 0 Å². The average Bonchev–Trinajstić information content (AvgIpc) is 3.03. The van der Waals surface area contributed by atoms with Crippen LogP contribution in [0.4, 0.5) is 4.79 Å². The normalized spacial score (nSPS) is 13.5. The molecule has 0 unspecified atom stereocenters. The summed E-state index contributed by atoms with van der Waals surface area (Å²) in [6, 6.07) is 13.6. The van der Waals surface area contributed by atoms with E-state index in [0.29, 0.717) is 25.8 Å². The van der Waals surface area contributed by atoms with Crippen molar-refractivity contribution in [2.75, 3.05) is 13.7 Å². The molecule has 2 amide bonds. The molecule has 0 bridgehead atoms. The van der Waals surface area contributed by atoms with Crippen molar-refractivity contribution in [3.05, 3.63) is 59.7 Å². The molecule has 0 saturated carbocycles. The fourth-order valence-electron chi connectivity index (χ4n) is 3.65. The van der Waals surface area contributed by atoms with E-state index in [0.717, 1.165) is 22.3 Å². The highest BCUT2D eigenvalue weighted by Crippen LogP contribution is 2.46. The first-order valence-corrected chi connectivity index (χ1v) is 9.33. The van der Waals surface area contributed by atoms with Gasteiger partial charge in [-0.1, -0.05) is 48.5 Å². The van der Waals surface area contributed by atoms with Crippen LogP contribution in [-0.2, 0) is 9.63 Å². The van der Waals surface area contributed by atoms with E-state index in [2.05, 4.69) is 5.32 Å². The first-order valence-electron chi connectivity index (χ1n) is 9.33. The molecule has 148 valence electrons. The maximum absolute atomic E-state index is 12.9. The van der Waals surface area contributed by atoms with Gasteiger partial charge in [0.2, 0.25) is 0 Å². The van der Waals surface area contributed by atoms with Crippen LogP contribution in [0.2, 0.25) is 0 Å². The number of carbonyl (C=O) groups is 2. The summed E-state index contributed by atoms with van der Waals surface area (Å²) in [4.78, 5) is 29.9. The monoisotopic (exact) mass is 383 g/mol. The van der Waals surface area contributed by atoms with Crippen LogP contribution in [0.15, 0.2) is 48.5 Å². The highest BCUT2D eigenvalue weighted by Gasteiger charge is 2.37. The van der Waals surface area contributed by atoms with E-state index in [4.69, 9.17) is 10.6 Å². The van der Waals surface area contributed by atoms with Gasteiger partial charge < -0.3 is 16.2 Å². The quantitative estimate of drug-likeness (QED) is 0.480. The maximum Gasteiger partial charge on any atom is 0.342 e. The van der Waals surface area contributed by atoms with Crippen LogP contribution in [0, 0.1) is 0 Å². The predicted molar refractivity (Wildman–Crippen MR) is 105 cm³/mol. The molecule has 28 heavy (non-hydrogen) atoms. The summed E-state index contributed by atoms with van der Waals surface area (Å²) in [5, 5.41) is 13.2. The Bertz CT molecular complexity index is 810. The lowest BCUT2D eigenvalue weighted by molar-refractivity contribution is -0.140. The van der Waals surface area contributed by atoms with Gasteiger partial charge in [-0.05, 0) is 48.1 Å². The number of nitrogens with zero attached hydrogens (tertiary/aromatic N) is 1. The van der Waals surface area contributed by atoms with Gasteiger partial charge >= 0.3 is 12.0 Å². The van der Waals surface area contributed by atoms with Gasteiger partial charge in [0.15, 0.2) is 0 Å². The number of carboxylic acids is 1. The molecular weight excluding hydrogens is 358 g/mol.